The van der Waals surface area contributed by atoms with E-state index in [1.54, 1.807) is 23.7 Å². The highest BCUT2D eigenvalue weighted by Gasteiger charge is 2.25. The summed E-state index contributed by atoms with van der Waals surface area (Å²) in [6, 6.07) is 10.1. The van der Waals surface area contributed by atoms with Gasteiger partial charge in [0.25, 0.3) is 5.91 Å². The van der Waals surface area contributed by atoms with Crippen LogP contribution >= 0.6 is 35.0 Å². The van der Waals surface area contributed by atoms with Crippen molar-refractivity contribution in [2.75, 3.05) is 11.1 Å². The number of rotatable bonds is 9. The van der Waals surface area contributed by atoms with Crippen molar-refractivity contribution in [2.45, 2.75) is 25.0 Å². The van der Waals surface area contributed by atoms with Crippen molar-refractivity contribution in [2.24, 2.45) is 13.0 Å². The first-order chi connectivity index (χ1) is 16.6. The minimum atomic E-state index is -1.04. The molecule has 0 aliphatic heterocycles. The van der Waals surface area contributed by atoms with Crippen molar-refractivity contribution < 1.29 is 19.5 Å². The van der Waals surface area contributed by atoms with Crippen LogP contribution in [0.4, 0.5) is 5.69 Å². The van der Waals surface area contributed by atoms with Gasteiger partial charge in [-0.1, -0.05) is 48.8 Å². The van der Waals surface area contributed by atoms with E-state index in [0.717, 1.165) is 0 Å². The van der Waals surface area contributed by atoms with Gasteiger partial charge in [-0.15, -0.1) is 10.2 Å². The number of hydrogen-bond acceptors (Lipinski definition) is 6. The van der Waals surface area contributed by atoms with Crippen LogP contribution in [0, 0.1) is 5.92 Å². The topological polar surface area (TPSA) is 126 Å². The zero-order valence-electron chi connectivity index (χ0n) is 19.1. The van der Waals surface area contributed by atoms with Crippen LogP contribution < -0.4 is 10.6 Å². The third-order valence-electron chi connectivity index (χ3n) is 5.03. The number of nitrogens with one attached hydrogen (secondary N) is 2. The van der Waals surface area contributed by atoms with Crippen LogP contribution in [-0.2, 0) is 11.8 Å². The van der Waals surface area contributed by atoms with Gasteiger partial charge in [-0.05, 0) is 48.4 Å². The molecule has 1 atom stereocenters. The maximum Gasteiger partial charge on any atom is 0.335 e. The van der Waals surface area contributed by atoms with E-state index < -0.39 is 12.0 Å². The Morgan fingerprint density at radius 1 is 1.03 bits per heavy atom. The molecule has 0 radical (unpaired) electrons. The van der Waals surface area contributed by atoms with Crippen LogP contribution in [-0.4, -0.2) is 43.4 Å². The fourth-order valence-corrected chi connectivity index (χ4v) is 4.15. The highest BCUT2D eigenvalue weighted by atomic mass is 35.5. The molecule has 35 heavy (non-hydrogen) atoms. The third kappa shape index (κ3) is 6.74. The van der Waals surface area contributed by atoms with Crippen LogP contribution in [0.25, 0.3) is 0 Å². The van der Waals surface area contributed by atoms with E-state index >= 15 is 0 Å². The number of nitrogens with zero attached hydrogens (tertiary/aromatic N) is 3. The number of amides is 2. The predicted molar refractivity (Wildman–Crippen MR) is 135 cm³/mol. The molecule has 0 aliphatic carbocycles. The van der Waals surface area contributed by atoms with Gasteiger partial charge in [0, 0.05) is 18.3 Å². The normalized spacial score (nSPS) is 11.8. The second-order valence-electron chi connectivity index (χ2n) is 7.94. The SMILES string of the molecule is CC(C)[C@H](NC(=O)c1ccc(Cl)c(Cl)c1)c1nnc(SCC(=O)Nc2ccc(C(=O)O)cc2)n1C. The zero-order chi connectivity index (χ0) is 25.7. The molecule has 0 unspecified atom stereocenters. The first-order valence-corrected chi connectivity index (χ1v) is 12.2. The van der Waals surface area contributed by atoms with Crippen LogP contribution in [0.1, 0.15) is 46.4 Å². The monoisotopic (exact) mass is 535 g/mol. The Kier molecular flexibility index (Phi) is 8.76. The lowest BCUT2D eigenvalue weighted by Gasteiger charge is -2.22. The quantitative estimate of drug-likeness (QED) is 0.339. The maximum atomic E-state index is 12.8. The molecule has 3 N–H and O–H groups in total. The number of thioether (sulfide) groups is 1. The highest BCUT2D eigenvalue weighted by Crippen LogP contribution is 2.26. The molecule has 2 amide bonds. The average Bonchev–Trinajstić information content (AvgIpc) is 3.17. The molecule has 1 aromatic heterocycles. The number of carboxylic acid groups (broad SMARTS) is 1. The molecule has 0 fully saturated rings. The summed E-state index contributed by atoms with van der Waals surface area (Å²) in [5.74, 6) is -1.04. The smallest absolute Gasteiger partial charge is 0.335 e. The Morgan fingerprint density at radius 3 is 2.29 bits per heavy atom. The Labute approximate surface area is 216 Å². The number of anilines is 1. The number of carbonyl (C=O) groups excluding carboxylic acids is 2. The molecule has 0 aliphatic rings. The van der Waals surface area contributed by atoms with E-state index in [2.05, 4.69) is 20.8 Å². The predicted octanol–water partition coefficient (Wildman–Crippen LogP) is 4.68. The summed E-state index contributed by atoms with van der Waals surface area (Å²) in [6.07, 6.45) is 0. The minimum absolute atomic E-state index is 0.000421. The molecule has 12 heteroatoms. The highest BCUT2D eigenvalue weighted by molar-refractivity contribution is 7.99. The van der Waals surface area contributed by atoms with E-state index in [1.165, 1.54) is 42.1 Å². The minimum Gasteiger partial charge on any atom is -0.478 e. The third-order valence-corrected chi connectivity index (χ3v) is 6.79. The molecular weight excluding hydrogens is 513 g/mol. The average molecular weight is 536 g/mol. The summed E-state index contributed by atoms with van der Waals surface area (Å²) in [4.78, 5) is 36.1. The molecule has 0 bridgehead atoms. The number of aromatic carboxylic acids is 1. The van der Waals surface area contributed by atoms with Crippen molar-refractivity contribution in [3.05, 3.63) is 69.5 Å². The lowest BCUT2D eigenvalue weighted by atomic mass is 10.0. The molecule has 3 aromatic rings. The number of halogens is 2. The first-order valence-electron chi connectivity index (χ1n) is 10.5. The van der Waals surface area contributed by atoms with Crippen molar-refractivity contribution in [3.8, 4) is 0 Å². The number of aromatic nitrogens is 3. The molecular formula is C23H23Cl2N5O4S. The molecule has 1 heterocycles. The van der Waals surface area contributed by atoms with Gasteiger partial charge in [-0.3, -0.25) is 9.59 Å². The maximum absolute atomic E-state index is 12.8. The molecule has 9 nitrogen and oxygen atoms in total. The fraction of sp³-hybridized carbons (Fsp3) is 0.261. The fourth-order valence-electron chi connectivity index (χ4n) is 3.14. The van der Waals surface area contributed by atoms with E-state index in [-0.39, 0.29) is 34.1 Å². The second kappa shape index (κ2) is 11.6. The van der Waals surface area contributed by atoms with Crippen molar-refractivity contribution in [3.63, 3.8) is 0 Å². The number of carbonyl (C=O) groups is 3. The Morgan fingerprint density at radius 2 is 1.69 bits per heavy atom. The molecule has 0 saturated heterocycles. The first kappa shape index (κ1) is 26.5. The van der Waals surface area contributed by atoms with E-state index in [9.17, 15) is 14.4 Å². The van der Waals surface area contributed by atoms with E-state index in [4.69, 9.17) is 28.3 Å². The summed E-state index contributed by atoms with van der Waals surface area (Å²) in [5, 5.41) is 24.2. The van der Waals surface area contributed by atoms with Crippen molar-refractivity contribution in [1.82, 2.24) is 20.1 Å². The molecule has 2 aromatic carbocycles. The lowest BCUT2D eigenvalue weighted by Crippen LogP contribution is -2.33. The standard InChI is InChI=1S/C23H23Cl2N5O4S/c1-12(2)19(27-21(32)14-6-9-16(24)17(25)10-14)20-28-29-23(30(20)3)35-11-18(31)26-15-7-4-13(5-8-15)22(33)34/h4-10,12,19H,11H2,1-3H3,(H,26,31)(H,27,32)(H,33,34)/t19-/m0/s1. The Bertz CT molecular complexity index is 1250. The van der Waals surface area contributed by atoms with E-state index in [0.29, 0.717) is 27.3 Å². The van der Waals surface area contributed by atoms with Crippen molar-refractivity contribution in [1.29, 1.82) is 0 Å². The number of carboxylic acids is 1. The zero-order valence-corrected chi connectivity index (χ0v) is 21.4. The van der Waals surface area contributed by atoms with Crippen LogP contribution in [0.2, 0.25) is 10.0 Å². The van der Waals surface area contributed by atoms with Crippen LogP contribution in [0.3, 0.4) is 0 Å². The van der Waals surface area contributed by atoms with Crippen molar-refractivity contribution >= 4 is 58.4 Å². The summed E-state index contributed by atoms with van der Waals surface area (Å²) in [7, 11) is 1.76. The van der Waals surface area contributed by atoms with Gasteiger partial charge in [-0.25, -0.2) is 4.79 Å². The Hall–Kier alpha value is -3.08. The van der Waals surface area contributed by atoms with Crippen LogP contribution in [0.5, 0.6) is 0 Å². The molecule has 3 rings (SSSR count). The summed E-state index contributed by atoms with van der Waals surface area (Å²) in [6.45, 7) is 3.90. The number of hydrogen-bond donors (Lipinski definition) is 3. The van der Waals surface area contributed by atoms with Gasteiger partial charge >= 0.3 is 5.97 Å². The molecule has 0 spiro atoms. The van der Waals surface area contributed by atoms with Gasteiger partial charge in [-0.2, -0.15) is 0 Å². The van der Waals surface area contributed by atoms with Gasteiger partial charge in [0.1, 0.15) is 0 Å². The lowest BCUT2D eigenvalue weighted by molar-refractivity contribution is -0.113. The second-order valence-corrected chi connectivity index (χ2v) is 9.70. The number of benzene rings is 2. The Balaban J connectivity index is 1.65. The van der Waals surface area contributed by atoms with Crippen LogP contribution in [0.15, 0.2) is 47.6 Å². The van der Waals surface area contributed by atoms with Gasteiger partial charge in [0.15, 0.2) is 11.0 Å². The molecule has 184 valence electrons. The molecule has 0 saturated carbocycles. The van der Waals surface area contributed by atoms with Gasteiger partial charge in [0.05, 0.1) is 27.4 Å². The van der Waals surface area contributed by atoms with Gasteiger partial charge in [0.2, 0.25) is 5.91 Å². The van der Waals surface area contributed by atoms with Gasteiger partial charge < -0.3 is 20.3 Å². The summed E-state index contributed by atoms with van der Waals surface area (Å²) >= 11 is 13.2. The summed E-state index contributed by atoms with van der Waals surface area (Å²) in [5.41, 5.74) is 0.994. The summed E-state index contributed by atoms with van der Waals surface area (Å²) < 4.78 is 1.74. The largest absolute Gasteiger partial charge is 0.478 e. The van der Waals surface area contributed by atoms with E-state index in [1.807, 2.05) is 13.8 Å².